The summed E-state index contributed by atoms with van der Waals surface area (Å²) < 4.78 is 17.3. The van der Waals surface area contributed by atoms with E-state index < -0.39 is 0 Å². The Bertz CT molecular complexity index is 1500. The number of amides is 1. The number of aryl methyl sites for hydroxylation is 1. The SMILES string of the molecule is COc1cccc([C@@H](CN2CCN(C(=O)c3c(-c4c(Cl)cccc4Cl)noc3C)CC2)OCc2cccc(Cl)c2)c1. The Morgan fingerprint density at radius 3 is 2.39 bits per heavy atom. The monoisotopic (exact) mass is 613 g/mol. The number of hydrogen-bond acceptors (Lipinski definition) is 6. The quantitative estimate of drug-likeness (QED) is 0.197. The largest absolute Gasteiger partial charge is 0.497 e. The van der Waals surface area contributed by atoms with Gasteiger partial charge in [-0.3, -0.25) is 9.69 Å². The van der Waals surface area contributed by atoms with Gasteiger partial charge in [0.1, 0.15) is 22.8 Å². The molecular formula is C31H30Cl3N3O4. The van der Waals surface area contributed by atoms with Crippen LogP contribution in [-0.4, -0.2) is 60.7 Å². The topological polar surface area (TPSA) is 68.0 Å². The number of carbonyl (C=O) groups excluding carboxylic acids is 1. The lowest BCUT2D eigenvalue weighted by Crippen LogP contribution is -2.49. The van der Waals surface area contributed by atoms with E-state index in [1.807, 2.05) is 53.4 Å². The van der Waals surface area contributed by atoms with E-state index in [1.54, 1.807) is 32.2 Å². The average Bonchev–Trinajstić information content (AvgIpc) is 3.35. The molecule has 2 heterocycles. The van der Waals surface area contributed by atoms with Crippen LogP contribution >= 0.6 is 34.8 Å². The van der Waals surface area contributed by atoms with Crippen LogP contribution in [0, 0.1) is 6.92 Å². The van der Waals surface area contributed by atoms with Gasteiger partial charge < -0.3 is 18.9 Å². The van der Waals surface area contributed by atoms with E-state index in [2.05, 4.69) is 10.1 Å². The Labute approximate surface area is 254 Å². The molecule has 1 fully saturated rings. The van der Waals surface area contributed by atoms with Crippen molar-refractivity contribution in [2.75, 3.05) is 39.8 Å². The van der Waals surface area contributed by atoms with E-state index in [4.69, 9.17) is 48.8 Å². The normalized spacial score (nSPS) is 14.7. The van der Waals surface area contributed by atoms with Crippen molar-refractivity contribution in [3.8, 4) is 17.0 Å². The van der Waals surface area contributed by atoms with Gasteiger partial charge in [0.25, 0.3) is 5.91 Å². The van der Waals surface area contributed by atoms with Crippen LogP contribution in [0.3, 0.4) is 0 Å². The summed E-state index contributed by atoms with van der Waals surface area (Å²) in [5.41, 5.74) is 3.25. The number of benzene rings is 3. The van der Waals surface area contributed by atoms with Gasteiger partial charge in [0, 0.05) is 43.3 Å². The third kappa shape index (κ3) is 6.88. The number of hydrogen-bond donors (Lipinski definition) is 0. The fourth-order valence-electron chi connectivity index (χ4n) is 4.96. The Hall–Kier alpha value is -3.07. The molecule has 5 rings (SSSR count). The van der Waals surface area contributed by atoms with Gasteiger partial charge in [-0.05, 0) is 54.4 Å². The molecule has 1 aliphatic rings. The van der Waals surface area contributed by atoms with Crippen molar-refractivity contribution in [1.82, 2.24) is 15.0 Å². The first-order valence-electron chi connectivity index (χ1n) is 13.3. The summed E-state index contributed by atoms with van der Waals surface area (Å²) in [6, 6.07) is 20.8. The maximum absolute atomic E-state index is 13.7. The molecule has 214 valence electrons. The van der Waals surface area contributed by atoms with Crippen LogP contribution in [0.4, 0.5) is 0 Å². The highest BCUT2D eigenvalue weighted by atomic mass is 35.5. The highest BCUT2D eigenvalue weighted by Crippen LogP contribution is 2.37. The molecule has 1 aromatic heterocycles. The van der Waals surface area contributed by atoms with E-state index in [9.17, 15) is 4.79 Å². The lowest BCUT2D eigenvalue weighted by atomic mass is 10.0. The summed E-state index contributed by atoms with van der Waals surface area (Å²) >= 11 is 19.0. The first-order valence-corrected chi connectivity index (χ1v) is 14.4. The van der Waals surface area contributed by atoms with Gasteiger partial charge in [0.05, 0.1) is 29.9 Å². The fourth-order valence-corrected chi connectivity index (χ4v) is 5.75. The molecule has 0 saturated carbocycles. The predicted octanol–water partition coefficient (Wildman–Crippen LogP) is 7.33. The molecular weight excluding hydrogens is 585 g/mol. The van der Waals surface area contributed by atoms with Gasteiger partial charge in [-0.25, -0.2) is 0 Å². The standard InChI is InChI=1S/C31H30Cl3N3O4/c1-20-28(30(35-41-20)29-25(33)10-5-11-26(29)34)31(38)37-14-12-36(13-15-37)18-27(22-7-4-9-24(17-22)39-2)40-19-21-6-3-8-23(32)16-21/h3-11,16-17,27H,12-15,18-19H2,1-2H3/t27-/m1/s1. The number of halogens is 3. The zero-order valence-corrected chi connectivity index (χ0v) is 25.0. The zero-order valence-electron chi connectivity index (χ0n) is 22.8. The maximum Gasteiger partial charge on any atom is 0.259 e. The number of nitrogens with zero attached hydrogens (tertiary/aromatic N) is 3. The van der Waals surface area contributed by atoms with E-state index in [0.29, 0.717) is 77.0 Å². The van der Waals surface area contributed by atoms with E-state index in [0.717, 1.165) is 16.9 Å². The molecule has 0 spiro atoms. The van der Waals surface area contributed by atoms with Gasteiger partial charge in [-0.1, -0.05) is 70.3 Å². The Kier molecular flexibility index (Phi) is 9.53. The number of methoxy groups -OCH3 is 1. The molecule has 1 aliphatic heterocycles. The molecule has 41 heavy (non-hydrogen) atoms. The highest BCUT2D eigenvalue weighted by Gasteiger charge is 2.31. The highest BCUT2D eigenvalue weighted by molar-refractivity contribution is 6.39. The minimum atomic E-state index is -0.208. The molecule has 10 heteroatoms. The van der Waals surface area contributed by atoms with Crippen LogP contribution in [-0.2, 0) is 11.3 Å². The van der Waals surface area contributed by atoms with Crippen LogP contribution in [0.5, 0.6) is 5.75 Å². The number of ether oxygens (including phenoxy) is 2. The molecule has 0 radical (unpaired) electrons. The molecule has 4 aromatic rings. The summed E-state index contributed by atoms with van der Waals surface area (Å²) in [5, 5.41) is 5.63. The summed E-state index contributed by atoms with van der Waals surface area (Å²) in [4.78, 5) is 17.8. The molecule has 1 saturated heterocycles. The fraction of sp³-hybridized carbons (Fsp3) is 0.290. The third-order valence-corrected chi connectivity index (χ3v) is 8.03. The second-order valence-corrected chi connectivity index (χ2v) is 11.1. The molecule has 0 aliphatic carbocycles. The second-order valence-electron chi connectivity index (χ2n) is 9.86. The number of carbonyl (C=O) groups is 1. The van der Waals surface area contributed by atoms with Crippen molar-refractivity contribution in [3.05, 3.63) is 104 Å². The van der Waals surface area contributed by atoms with Gasteiger partial charge in [-0.2, -0.15) is 0 Å². The second kappa shape index (κ2) is 13.3. The summed E-state index contributed by atoms with van der Waals surface area (Å²) in [6.07, 6.45) is -0.208. The number of aromatic nitrogens is 1. The van der Waals surface area contributed by atoms with Gasteiger partial charge >= 0.3 is 0 Å². The number of rotatable bonds is 9. The summed E-state index contributed by atoms with van der Waals surface area (Å²) in [6.45, 7) is 5.24. The zero-order chi connectivity index (χ0) is 28.9. The molecule has 7 nitrogen and oxygen atoms in total. The van der Waals surface area contributed by atoms with Crippen molar-refractivity contribution in [2.45, 2.75) is 19.6 Å². The minimum absolute atomic E-state index is 0.157. The maximum atomic E-state index is 13.7. The summed E-state index contributed by atoms with van der Waals surface area (Å²) in [7, 11) is 1.65. The summed E-state index contributed by atoms with van der Waals surface area (Å²) in [5.74, 6) is 1.04. The molecule has 3 aromatic carbocycles. The predicted molar refractivity (Wildman–Crippen MR) is 161 cm³/mol. The van der Waals surface area contributed by atoms with Crippen molar-refractivity contribution in [2.24, 2.45) is 0 Å². The molecule has 1 atom stereocenters. The first kappa shape index (κ1) is 29.4. The van der Waals surface area contributed by atoms with Crippen molar-refractivity contribution < 1.29 is 18.8 Å². The molecule has 0 unspecified atom stereocenters. The van der Waals surface area contributed by atoms with Crippen molar-refractivity contribution in [1.29, 1.82) is 0 Å². The Balaban J connectivity index is 1.28. The Morgan fingerprint density at radius 2 is 1.68 bits per heavy atom. The molecule has 0 N–H and O–H groups in total. The minimum Gasteiger partial charge on any atom is -0.497 e. The van der Waals surface area contributed by atoms with E-state index in [1.165, 1.54) is 0 Å². The van der Waals surface area contributed by atoms with Gasteiger partial charge in [0.2, 0.25) is 0 Å². The Morgan fingerprint density at radius 1 is 0.976 bits per heavy atom. The molecule has 0 bridgehead atoms. The van der Waals surface area contributed by atoms with Gasteiger partial charge in [-0.15, -0.1) is 0 Å². The van der Waals surface area contributed by atoms with Crippen LogP contribution < -0.4 is 4.74 Å². The molecule has 1 amide bonds. The van der Waals surface area contributed by atoms with Crippen LogP contribution in [0.2, 0.25) is 15.1 Å². The van der Waals surface area contributed by atoms with Crippen LogP contribution in [0.15, 0.2) is 71.3 Å². The first-order chi connectivity index (χ1) is 19.8. The lowest BCUT2D eigenvalue weighted by Gasteiger charge is -2.36. The van der Waals surface area contributed by atoms with E-state index in [-0.39, 0.29) is 12.0 Å². The lowest BCUT2D eigenvalue weighted by molar-refractivity contribution is 0.00333. The van der Waals surface area contributed by atoms with Crippen LogP contribution in [0.25, 0.3) is 11.3 Å². The third-order valence-electron chi connectivity index (χ3n) is 7.17. The smallest absolute Gasteiger partial charge is 0.259 e. The van der Waals surface area contributed by atoms with Crippen LogP contribution in [0.1, 0.15) is 33.3 Å². The number of piperazine rings is 1. The van der Waals surface area contributed by atoms with Crippen molar-refractivity contribution >= 4 is 40.7 Å². The van der Waals surface area contributed by atoms with E-state index >= 15 is 0 Å². The van der Waals surface area contributed by atoms with Crippen molar-refractivity contribution in [3.63, 3.8) is 0 Å². The average molecular weight is 615 g/mol. The van der Waals surface area contributed by atoms with Gasteiger partial charge in [0.15, 0.2) is 0 Å².